The van der Waals surface area contributed by atoms with Crippen LogP contribution in [0.5, 0.6) is 5.75 Å². The SMILES string of the molecule is Cc1[c-]c(-c2nccc3c2ccc2c(F)cccc23)cc(C)c1.Cn1ccnc1-c1ccccc1O.[Ir]. The van der Waals surface area contributed by atoms with Crippen molar-refractivity contribution in [2.24, 2.45) is 7.05 Å². The van der Waals surface area contributed by atoms with Crippen LogP contribution in [0.4, 0.5) is 4.39 Å². The number of hydrogen-bond donors (Lipinski definition) is 1. The van der Waals surface area contributed by atoms with E-state index in [9.17, 15) is 9.50 Å². The van der Waals surface area contributed by atoms with E-state index in [1.165, 1.54) is 11.6 Å². The third kappa shape index (κ3) is 5.31. The molecule has 4 nitrogen and oxygen atoms in total. The van der Waals surface area contributed by atoms with Crippen molar-refractivity contribution in [3.05, 3.63) is 114 Å². The third-order valence-corrected chi connectivity index (χ3v) is 6.12. The van der Waals surface area contributed by atoms with Gasteiger partial charge in [-0.05, 0) is 46.1 Å². The minimum absolute atomic E-state index is 0. The number of nitrogens with zero attached hydrogens (tertiary/aromatic N) is 3. The molecule has 0 aliphatic carbocycles. The van der Waals surface area contributed by atoms with Gasteiger partial charge in [0.25, 0.3) is 0 Å². The summed E-state index contributed by atoms with van der Waals surface area (Å²) < 4.78 is 15.9. The average Bonchev–Trinajstić information content (AvgIpc) is 3.29. The smallest absolute Gasteiger partial charge is 0.143 e. The molecular weight excluding hydrogens is 642 g/mol. The number of aryl methyl sites for hydroxylation is 3. The Kier molecular flexibility index (Phi) is 7.82. The van der Waals surface area contributed by atoms with Crippen LogP contribution in [0.2, 0.25) is 0 Å². The van der Waals surface area contributed by atoms with Crippen molar-refractivity contribution in [3.8, 4) is 28.4 Å². The standard InChI is InChI=1S/C21H15FN.C10H10N2O.Ir/c1-13-10-14(2)12-15(11-13)21-19-7-6-18-16(4-3-5-20(18)22)17(19)8-9-23-21;1-12-7-6-11-10(12)8-4-2-3-5-9(8)13;/h3-11H,1-2H3;2-7,13H,1H3;/q-1;;. The fraction of sp³-hybridized carbons (Fsp3) is 0.0968. The maximum atomic E-state index is 14.0. The summed E-state index contributed by atoms with van der Waals surface area (Å²) in [5.41, 5.74) is 4.90. The molecule has 6 rings (SSSR count). The predicted molar refractivity (Wildman–Crippen MR) is 143 cm³/mol. The van der Waals surface area contributed by atoms with Gasteiger partial charge in [0.2, 0.25) is 0 Å². The van der Waals surface area contributed by atoms with Gasteiger partial charge in [0.1, 0.15) is 17.4 Å². The fourth-order valence-electron chi connectivity index (χ4n) is 4.51. The summed E-state index contributed by atoms with van der Waals surface area (Å²) in [5.74, 6) is 0.843. The molecule has 0 bridgehead atoms. The number of hydrogen-bond acceptors (Lipinski definition) is 3. The Morgan fingerprint density at radius 2 is 1.57 bits per heavy atom. The van der Waals surface area contributed by atoms with Gasteiger partial charge in [-0.3, -0.25) is 0 Å². The average molecular weight is 667 g/mol. The number of aromatic nitrogens is 3. The molecule has 0 saturated carbocycles. The number of fused-ring (bicyclic) bond motifs is 3. The fourth-order valence-corrected chi connectivity index (χ4v) is 4.51. The maximum Gasteiger partial charge on any atom is 0.143 e. The summed E-state index contributed by atoms with van der Waals surface area (Å²) in [4.78, 5) is 8.71. The summed E-state index contributed by atoms with van der Waals surface area (Å²) in [6.45, 7) is 4.10. The van der Waals surface area contributed by atoms with Crippen molar-refractivity contribution in [1.29, 1.82) is 0 Å². The largest absolute Gasteiger partial charge is 0.507 e. The van der Waals surface area contributed by atoms with Crippen molar-refractivity contribution in [1.82, 2.24) is 14.5 Å². The number of para-hydroxylation sites is 1. The van der Waals surface area contributed by atoms with Gasteiger partial charge in [-0.15, -0.1) is 34.9 Å². The van der Waals surface area contributed by atoms with E-state index in [1.807, 2.05) is 61.1 Å². The van der Waals surface area contributed by atoms with Crippen LogP contribution in [0.15, 0.2) is 91.4 Å². The van der Waals surface area contributed by atoms with Crippen LogP contribution in [-0.4, -0.2) is 19.6 Å². The Balaban J connectivity index is 0.000000195. The summed E-state index contributed by atoms with van der Waals surface area (Å²) in [7, 11) is 1.90. The quantitative estimate of drug-likeness (QED) is 0.155. The molecule has 2 aromatic heterocycles. The zero-order chi connectivity index (χ0) is 25.2. The van der Waals surface area contributed by atoms with Gasteiger partial charge in [-0.25, -0.2) is 9.37 Å². The van der Waals surface area contributed by atoms with Gasteiger partial charge >= 0.3 is 0 Å². The van der Waals surface area contributed by atoms with Crippen LogP contribution in [0.1, 0.15) is 11.1 Å². The second-order valence-electron chi connectivity index (χ2n) is 8.79. The van der Waals surface area contributed by atoms with Gasteiger partial charge in [-0.2, -0.15) is 0 Å². The Bertz CT molecular complexity index is 1690. The molecule has 0 aliphatic rings. The monoisotopic (exact) mass is 667 g/mol. The number of rotatable bonds is 2. The molecule has 1 N–H and O–H groups in total. The first-order chi connectivity index (χ1) is 17.4. The van der Waals surface area contributed by atoms with Gasteiger partial charge < -0.3 is 14.7 Å². The number of phenolic OH excluding ortho intramolecular Hbond substituents is 1. The van der Waals surface area contributed by atoms with Crippen molar-refractivity contribution in [2.45, 2.75) is 13.8 Å². The minimum Gasteiger partial charge on any atom is -0.507 e. The second-order valence-corrected chi connectivity index (χ2v) is 8.79. The van der Waals surface area contributed by atoms with Crippen molar-refractivity contribution in [2.75, 3.05) is 0 Å². The first-order valence-electron chi connectivity index (χ1n) is 11.6. The van der Waals surface area contributed by atoms with Gasteiger partial charge in [0, 0.05) is 51.1 Å². The van der Waals surface area contributed by atoms with Crippen LogP contribution in [-0.2, 0) is 27.2 Å². The van der Waals surface area contributed by atoms with Crippen LogP contribution in [0.3, 0.4) is 0 Å². The number of imidazole rings is 1. The number of pyridine rings is 1. The Morgan fingerprint density at radius 3 is 2.30 bits per heavy atom. The first-order valence-corrected chi connectivity index (χ1v) is 11.6. The van der Waals surface area contributed by atoms with E-state index < -0.39 is 0 Å². The predicted octanol–water partition coefficient (Wildman–Crippen LogP) is 7.40. The van der Waals surface area contributed by atoms with E-state index >= 15 is 0 Å². The van der Waals surface area contributed by atoms with E-state index in [-0.39, 0.29) is 31.7 Å². The zero-order valence-electron chi connectivity index (χ0n) is 20.7. The molecule has 2 heterocycles. The van der Waals surface area contributed by atoms with E-state index in [4.69, 9.17) is 0 Å². The molecule has 0 fully saturated rings. The maximum absolute atomic E-state index is 14.0. The number of phenols is 1. The molecule has 0 unspecified atom stereocenters. The molecule has 6 aromatic rings. The molecule has 1 radical (unpaired) electrons. The number of halogens is 1. The Hall–Kier alpha value is -3.86. The summed E-state index contributed by atoms with van der Waals surface area (Å²) >= 11 is 0. The van der Waals surface area contributed by atoms with Gasteiger partial charge in [-0.1, -0.05) is 50.2 Å². The van der Waals surface area contributed by atoms with Crippen molar-refractivity contribution >= 4 is 21.5 Å². The number of benzene rings is 4. The molecule has 187 valence electrons. The van der Waals surface area contributed by atoms with Crippen LogP contribution < -0.4 is 0 Å². The molecule has 0 amide bonds. The van der Waals surface area contributed by atoms with Crippen LogP contribution in [0, 0.1) is 25.7 Å². The molecule has 0 saturated heterocycles. The van der Waals surface area contributed by atoms with Gasteiger partial charge in [0.05, 0.1) is 5.56 Å². The van der Waals surface area contributed by atoms with Crippen LogP contribution >= 0.6 is 0 Å². The molecule has 0 spiro atoms. The van der Waals surface area contributed by atoms with Crippen molar-refractivity contribution < 1.29 is 29.6 Å². The molecule has 37 heavy (non-hydrogen) atoms. The molecule has 0 atom stereocenters. The van der Waals surface area contributed by atoms with E-state index in [0.29, 0.717) is 5.39 Å². The van der Waals surface area contributed by atoms with E-state index in [2.05, 4.69) is 35.1 Å². The summed E-state index contributed by atoms with van der Waals surface area (Å²) in [6.07, 6.45) is 5.34. The Morgan fingerprint density at radius 1 is 0.811 bits per heavy atom. The zero-order valence-corrected chi connectivity index (χ0v) is 23.1. The van der Waals surface area contributed by atoms with Gasteiger partial charge in [0.15, 0.2) is 0 Å². The molecule has 6 heteroatoms. The molecule has 4 aromatic carbocycles. The molecular formula is C31H25FIrN3O-. The number of aromatic hydroxyl groups is 1. The van der Waals surface area contributed by atoms with Crippen molar-refractivity contribution in [3.63, 3.8) is 0 Å². The van der Waals surface area contributed by atoms with E-state index in [0.717, 1.165) is 44.4 Å². The normalized spacial score (nSPS) is 10.6. The topological polar surface area (TPSA) is 50.9 Å². The first kappa shape index (κ1) is 26.2. The Labute approximate surface area is 228 Å². The third-order valence-electron chi connectivity index (χ3n) is 6.12. The van der Waals surface area contributed by atoms with E-state index in [1.54, 1.807) is 30.6 Å². The van der Waals surface area contributed by atoms with Crippen LogP contribution in [0.25, 0.3) is 44.2 Å². The minimum atomic E-state index is -0.194. The summed E-state index contributed by atoms with van der Waals surface area (Å²) in [6, 6.07) is 25.7. The molecule has 0 aliphatic heterocycles. The summed E-state index contributed by atoms with van der Waals surface area (Å²) in [5, 5.41) is 13.1. The second kappa shape index (κ2) is 11.0.